The van der Waals surface area contributed by atoms with E-state index in [9.17, 15) is 9.59 Å². The molecule has 3 aromatic rings. The summed E-state index contributed by atoms with van der Waals surface area (Å²) in [5.74, 6) is 0.0810. The van der Waals surface area contributed by atoms with Gasteiger partial charge in [0, 0.05) is 23.2 Å². The van der Waals surface area contributed by atoms with Crippen molar-refractivity contribution in [2.45, 2.75) is 13.2 Å². The van der Waals surface area contributed by atoms with E-state index in [0.29, 0.717) is 10.8 Å². The molecule has 1 heterocycles. The minimum absolute atomic E-state index is 0.0243. The lowest BCUT2D eigenvalue weighted by Gasteiger charge is -2.09. The molecule has 2 aromatic carbocycles. The third-order valence-corrected chi connectivity index (χ3v) is 4.21. The molecule has 7 heteroatoms. The lowest BCUT2D eigenvalue weighted by molar-refractivity contribution is 0.0919. The van der Waals surface area contributed by atoms with Crippen LogP contribution in [-0.2, 0) is 13.2 Å². The number of hydrogen-bond acceptors (Lipinski definition) is 5. The van der Waals surface area contributed by atoms with Gasteiger partial charge in [0.2, 0.25) is 11.2 Å². The van der Waals surface area contributed by atoms with E-state index in [2.05, 4.69) is 5.32 Å². The summed E-state index contributed by atoms with van der Waals surface area (Å²) in [6, 6.07) is 15.5. The van der Waals surface area contributed by atoms with Crippen molar-refractivity contribution >= 4 is 17.5 Å². The maximum atomic E-state index is 12.3. The lowest BCUT2D eigenvalue weighted by atomic mass is 10.2. The highest BCUT2D eigenvalue weighted by Crippen LogP contribution is 2.17. The molecule has 0 spiro atoms. The molecule has 0 saturated heterocycles. The molecular weight excluding hydrogens is 382 g/mol. The molecule has 0 unspecified atom stereocenters. The highest BCUT2D eigenvalue weighted by molar-refractivity contribution is 6.30. The van der Waals surface area contributed by atoms with E-state index < -0.39 is 11.3 Å². The molecule has 0 radical (unpaired) electrons. The fourth-order valence-electron chi connectivity index (χ4n) is 2.48. The van der Waals surface area contributed by atoms with Gasteiger partial charge in [-0.15, -0.1) is 0 Å². The molecule has 0 bridgehead atoms. The van der Waals surface area contributed by atoms with Gasteiger partial charge in [0.1, 0.15) is 18.6 Å². The van der Waals surface area contributed by atoms with Crippen LogP contribution in [0.1, 0.15) is 21.7 Å². The third-order valence-electron chi connectivity index (χ3n) is 3.96. The van der Waals surface area contributed by atoms with Crippen molar-refractivity contribution in [2.75, 3.05) is 7.11 Å². The number of carbonyl (C=O) groups is 1. The Hall–Kier alpha value is -3.25. The van der Waals surface area contributed by atoms with Gasteiger partial charge < -0.3 is 19.2 Å². The van der Waals surface area contributed by atoms with E-state index in [-0.39, 0.29) is 24.7 Å². The first kappa shape index (κ1) is 19.5. The van der Waals surface area contributed by atoms with Gasteiger partial charge >= 0.3 is 0 Å². The van der Waals surface area contributed by atoms with Crippen LogP contribution in [0.5, 0.6) is 11.5 Å². The highest BCUT2D eigenvalue weighted by Gasteiger charge is 2.13. The summed E-state index contributed by atoms with van der Waals surface area (Å²) in [5.41, 5.74) is 1.22. The van der Waals surface area contributed by atoms with Gasteiger partial charge in [-0.1, -0.05) is 41.9 Å². The number of carbonyl (C=O) groups excluding carboxylic acids is 1. The Kier molecular flexibility index (Phi) is 6.34. The average molecular weight is 400 g/mol. The number of halogens is 1. The highest BCUT2D eigenvalue weighted by atomic mass is 35.5. The van der Waals surface area contributed by atoms with Gasteiger partial charge in [-0.3, -0.25) is 9.59 Å². The van der Waals surface area contributed by atoms with Gasteiger partial charge in [0.25, 0.3) is 5.91 Å². The molecule has 144 valence electrons. The average Bonchev–Trinajstić information content (AvgIpc) is 2.72. The third kappa shape index (κ3) is 4.92. The van der Waals surface area contributed by atoms with E-state index in [1.165, 1.54) is 0 Å². The first-order valence-corrected chi connectivity index (χ1v) is 8.85. The number of ether oxygens (including phenoxy) is 2. The van der Waals surface area contributed by atoms with Crippen LogP contribution in [0, 0.1) is 0 Å². The molecule has 0 saturated carbocycles. The number of rotatable bonds is 7. The topological polar surface area (TPSA) is 77.8 Å². The van der Waals surface area contributed by atoms with Crippen LogP contribution in [0.2, 0.25) is 5.02 Å². The maximum Gasteiger partial charge on any atom is 0.287 e. The maximum absolute atomic E-state index is 12.3. The van der Waals surface area contributed by atoms with Gasteiger partial charge in [0.15, 0.2) is 5.76 Å². The number of amides is 1. The van der Waals surface area contributed by atoms with Crippen LogP contribution < -0.4 is 20.2 Å². The van der Waals surface area contributed by atoms with Gasteiger partial charge in [-0.2, -0.15) is 0 Å². The largest absolute Gasteiger partial charge is 0.496 e. The molecule has 28 heavy (non-hydrogen) atoms. The summed E-state index contributed by atoms with van der Waals surface area (Å²) in [5, 5.41) is 3.31. The Morgan fingerprint density at radius 2 is 1.86 bits per heavy atom. The van der Waals surface area contributed by atoms with Crippen molar-refractivity contribution in [2.24, 2.45) is 0 Å². The van der Waals surface area contributed by atoms with Crippen molar-refractivity contribution in [3.05, 3.63) is 93.0 Å². The number of para-hydroxylation sites is 1. The van der Waals surface area contributed by atoms with Crippen LogP contribution >= 0.6 is 11.6 Å². The molecule has 0 aliphatic carbocycles. The fraction of sp³-hybridized carbons (Fsp3) is 0.143. The molecular formula is C21H18ClNO5. The summed E-state index contributed by atoms with van der Waals surface area (Å²) in [6.45, 7) is 0.419. The standard InChI is InChI=1S/C21H18ClNO5/c1-26-18-5-3-2-4-15(18)11-23-21(25)19-10-17(24)20(13-28-19)27-12-14-6-8-16(22)9-7-14/h2-10,13H,11-12H2,1H3,(H,23,25). The van der Waals surface area contributed by atoms with Crippen LogP contribution in [0.4, 0.5) is 0 Å². The normalized spacial score (nSPS) is 10.4. The van der Waals surface area contributed by atoms with Crippen molar-refractivity contribution in [3.63, 3.8) is 0 Å². The summed E-state index contributed by atoms with van der Waals surface area (Å²) in [6.07, 6.45) is 1.14. The zero-order valence-electron chi connectivity index (χ0n) is 15.1. The van der Waals surface area contributed by atoms with Crippen LogP contribution in [0.25, 0.3) is 0 Å². The SMILES string of the molecule is COc1ccccc1CNC(=O)c1cc(=O)c(OCc2ccc(Cl)cc2)co1. The van der Waals surface area contributed by atoms with Crippen molar-refractivity contribution in [1.29, 1.82) is 0 Å². The number of hydrogen-bond donors (Lipinski definition) is 1. The van der Waals surface area contributed by atoms with E-state index in [1.807, 2.05) is 18.2 Å². The minimum Gasteiger partial charge on any atom is -0.496 e. The minimum atomic E-state index is -0.507. The fourth-order valence-corrected chi connectivity index (χ4v) is 2.60. The number of benzene rings is 2. The Labute approximate surface area is 166 Å². The van der Waals surface area contributed by atoms with E-state index >= 15 is 0 Å². The summed E-state index contributed by atoms with van der Waals surface area (Å²) >= 11 is 5.83. The van der Waals surface area contributed by atoms with Crippen LogP contribution in [0.3, 0.4) is 0 Å². The summed E-state index contributed by atoms with van der Waals surface area (Å²) in [4.78, 5) is 24.4. The second-order valence-electron chi connectivity index (χ2n) is 5.88. The molecule has 0 aliphatic rings. The zero-order chi connectivity index (χ0) is 19.9. The lowest BCUT2D eigenvalue weighted by Crippen LogP contribution is -2.24. The Balaban J connectivity index is 1.62. The predicted molar refractivity (Wildman–Crippen MR) is 105 cm³/mol. The number of nitrogens with one attached hydrogen (secondary N) is 1. The van der Waals surface area contributed by atoms with Gasteiger partial charge in [-0.25, -0.2) is 0 Å². The second kappa shape index (κ2) is 9.10. The van der Waals surface area contributed by atoms with Crippen molar-refractivity contribution in [1.82, 2.24) is 5.32 Å². The molecule has 6 nitrogen and oxygen atoms in total. The molecule has 3 rings (SSSR count). The van der Waals surface area contributed by atoms with Crippen LogP contribution in [-0.4, -0.2) is 13.0 Å². The molecule has 1 N–H and O–H groups in total. The Bertz CT molecular complexity index is 1010. The van der Waals surface area contributed by atoms with E-state index in [4.69, 9.17) is 25.5 Å². The Morgan fingerprint density at radius 1 is 1.11 bits per heavy atom. The summed E-state index contributed by atoms with van der Waals surface area (Å²) in [7, 11) is 1.56. The summed E-state index contributed by atoms with van der Waals surface area (Å²) < 4.78 is 16.0. The first-order chi connectivity index (χ1) is 13.6. The molecule has 0 atom stereocenters. The van der Waals surface area contributed by atoms with E-state index in [0.717, 1.165) is 23.5 Å². The predicted octanol–water partition coefficient (Wildman–Crippen LogP) is 3.81. The Morgan fingerprint density at radius 3 is 2.57 bits per heavy atom. The second-order valence-corrected chi connectivity index (χ2v) is 6.32. The van der Waals surface area contributed by atoms with Gasteiger partial charge in [-0.05, 0) is 23.8 Å². The van der Waals surface area contributed by atoms with Crippen molar-refractivity contribution < 1.29 is 18.7 Å². The molecule has 0 fully saturated rings. The molecule has 0 aliphatic heterocycles. The number of methoxy groups -OCH3 is 1. The van der Waals surface area contributed by atoms with Gasteiger partial charge in [0.05, 0.1) is 7.11 Å². The monoisotopic (exact) mass is 399 g/mol. The smallest absolute Gasteiger partial charge is 0.287 e. The van der Waals surface area contributed by atoms with Crippen molar-refractivity contribution in [3.8, 4) is 11.5 Å². The molecule has 1 aromatic heterocycles. The quantitative estimate of drug-likeness (QED) is 0.653. The zero-order valence-corrected chi connectivity index (χ0v) is 15.9. The van der Waals surface area contributed by atoms with E-state index in [1.54, 1.807) is 37.4 Å². The first-order valence-electron chi connectivity index (χ1n) is 8.47. The molecule has 1 amide bonds. The van der Waals surface area contributed by atoms with Crippen LogP contribution in [0.15, 0.2) is 70.1 Å².